The Morgan fingerprint density at radius 3 is 2.56 bits per heavy atom. The molecule has 134 valence electrons. The van der Waals surface area contributed by atoms with Gasteiger partial charge in [0.05, 0.1) is 17.6 Å². The minimum atomic E-state index is -3.54. The van der Waals surface area contributed by atoms with Crippen molar-refractivity contribution >= 4 is 21.6 Å². The van der Waals surface area contributed by atoms with Crippen molar-refractivity contribution in [3.8, 4) is 0 Å². The maximum atomic E-state index is 12.6. The molecule has 0 bridgehead atoms. The fourth-order valence-corrected chi connectivity index (χ4v) is 3.82. The summed E-state index contributed by atoms with van der Waals surface area (Å²) in [6, 6.07) is 15.8. The number of benzene rings is 2. The lowest BCUT2D eigenvalue weighted by molar-refractivity contribution is 0.0336. The summed E-state index contributed by atoms with van der Waals surface area (Å²) in [6.45, 7) is 4.33. The van der Waals surface area contributed by atoms with E-state index >= 15 is 0 Å². The minimum Gasteiger partial charge on any atom is -0.372 e. The molecule has 0 aliphatic rings. The zero-order chi connectivity index (χ0) is 18.3. The highest BCUT2D eigenvalue weighted by atomic mass is 35.5. The van der Waals surface area contributed by atoms with Crippen LogP contribution in [0.5, 0.6) is 0 Å². The Labute approximate surface area is 154 Å². The van der Waals surface area contributed by atoms with E-state index < -0.39 is 10.0 Å². The Kier molecular flexibility index (Phi) is 7.20. The number of halogens is 1. The van der Waals surface area contributed by atoms with Crippen molar-refractivity contribution in [1.82, 2.24) is 4.31 Å². The van der Waals surface area contributed by atoms with Gasteiger partial charge in [-0.05, 0) is 36.2 Å². The van der Waals surface area contributed by atoms with E-state index in [0.29, 0.717) is 18.1 Å². The lowest BCUT2D eigenvalue weighted by Gasteiger charge is -2.23. The van der Waals surface area contributed by atoms with E-state index in [-0.39, 0.29) is 17.5 Å². The first kappa shape index (κ1) is 19.7. The van der Waals surface area contributed by atoms with Gasteiger partial charge >= 0.3 is 0 Å². The fraction of sp³-hybridized carbons (Fsp3) is 0.263. The third kappa shape index (κ3) is 5.68. The van der Waals surface area contributed by atoms with Crippen LogP contribution in [0.25, 0.3) is 0 Å². The molecular weight excluding hydrogens is 358 g/mol. The van der Waals surface area contributed by atoms with Crippen molar-refractivity contribution in [2.24, 2.45) is 0 Å². The SMILES string of the molecule is C=CCC(CN(C)S(=O)(=O)c1ccccc1)OCc1cccc(Cl)c1. The molecule has 0 saturated heterocycles. The van der Waals surface area contributed by atoms with Gasteiger partial charge in [0.15, 0.2) is 0 Å². The highest BCUT2D eigenvalue weighted by Gasteiger charge is 2.23. The van der Waals surface area contributed by atoms with Gasteiger partial charge in [-0.15, -0.1) is 6.58 Å². The molecule has 0 N–H and O–H groups in total. The van der Waals surface area contributed by atoms with Crippen molar-refractivity contribution in [1.29, 1.82) is 0 Å². The third-order valence-electron chi connectivity index (χ3n) is 3.72. The van der Waals surface area contributed by atoms with Crippen LogP contribution in [0.3, 0.4) is 0 Å². The summed E-state index contributed by atoms with van der Waals surface area (Å²) in [7, 11) is -1.99. The summed E-state index contributed by atoms with van der Waals surface area (Å²) in [4.78, 5) is 0.268. The molecule has 0 heterocycles. The van der Waals surface area contributed by atoms with Gasteiger partial charge in [0, 0.05) is 18.6 Å². The molecule has 2 rings (SSSR count). The molecule has 25 heavy (non-hydrogen) atoms. The first-order valence-electron chi connectivity index (χ1n) is 7.92. The molecule has 1 unspecified atom stereocenters. The summed E-state index contributed by atoms with van der Waals surface area (Å²) < 4.78 is 32.4. The van der Waals surface area contributed by atoms with Crippen LogP contribution < -0.4 is 0 Å². The first-order valence-corrected chi connectivity index (χ1v) is 9.73. The summed E-state index contributed by atoms with van der Waals surface area (Å²) in [5, 5.41) is 0.644. The van der Waals surface area contributed by atoms with Crippen LogP contribution in [0.15, 0.2) is 72.1 Å². The smallest absolute Gasteiger partial charge is 0.242 e. The highest BCUT2D eigenvalue weighted by Crippen LogP contribution is 2.17. The normalized spacial score (nSPS) is 12.9. The van der Waals surface area contributed by atoms with Gasteiger partial charge in [0.1, 0.15) is 0 Å². The number of nitrogens with zero attached hydrogens (tertiary/aromatic N) is 1. The van der Waals surface area contributed by atoms with E-state index in [4.69, 9.17) is 16.3 Å². The lowest BCUT2D eigenvalue weighted by atomic mass is 10.2. The second-order valence-corrected chi connectivity index (χ2v) is 8.17. The van der Waals surface area contributed by atoms with Gasteiger partial charge in [-0.1, -0.05) is 48.0 Å². The molecule has 0 spiro atoms. The topological polar surface area (TPSA) is 46.6 Å². The van der Waals surface area contributed by atoms with Crippen molar-refractivity contribution in [3.05, 3.63) is 77.8 Å². The molecule has 6 heteroatoms. The van der Waals surface area contributed by atoms with Crippen LogP contribution in [-0.2, 0) is 21.4 Å². The Morgan fingerprint density at radius 1 is 1.20 bits per heavy atom. The van der Waals surface area contributed by atoms with Gasteiger partial charge in [-0.2, -0.15) is 4.31 Å². The quantitative estimate of drug-likeness (QED) is 0.615. The number of likely N-dealkylation sites (N-methyl/N-ethyl adjacent to an activating group) is 1. The number of ether oxygens (including phenoxy) is 1. The van der Waals surface area contributed by atoms with Crippen molar-refractivity contribution in [2.75, 3.05) is 13.6 Å². The molecule has 4 nitrogen and oxygen atoms in total. The number of hydrogen-bond donors (Lipinski definition) is 0. The zero-order valence-corrected chi connectivity index (χ0v) is 15.7. The Balaban J connectivity index is 2.03. The van der Waals surface area contributed by atoms with Crippen LogP contribution in [0.4, 0.5) is 0 Å². The summed E-state index contributed by atoms with van der Waals surface area (Å²) in [5.74, 6) is 0. The van der Waals surface area contributed by atoms with Crippen molar-refractivity contribution in [2.45, 2.75) is 24.0 Å². The average Bonchev–Trinajstić information content (AvgIpc) is 2.60. The van der Waals surface area contributed by atoms with Crippen LogP contribution in [0.2, 0.25) is 5.02 Å². The lowest BCUT2D eigenvalue weighted by Crippen LogP contribution is -2.35. The van der Waals surface area contributed by atoms with Gasteiger partial charge in [0.25, 0.3) is 0 Å². The molecule has 2 aromatic carbocycles. The molecule has 1 atom stereocenters. The van der Waals surface area contributed by atoms with E-state index in [0.717, 1.165) is 5.56 Å². The van der Waals surface area contributed by atoms with Gasteiger partial charge in [-0.3, -0.25) is 0 Å². The van der Waals surface area contributed by atoms with Gasteiger partial charge in [0.2, 0.25) is 10.0 Å². The minimum absolute atomic E-state index is 0.240. The molecule has 0 aliphatic heterocycles. The van der Waals surface area contributed by atoms with Gasteiger partial charge in [-0.25, -0.2) is 8.42 Å². The first-order chi connectivity index (χ1) is 11.9. The molecule has 0 fully saturated rings. The third-order valence-corrected chi connectivity index (χ3v) is 5.79. The Bertz CT molecular complexity index is 793. The van der Waals surface area contributed by atoms with Gasteiger partial charge < -0.3 is 4.74 Å². The maximum absolute atomic E-state index is 12.6. The predicted octanol–water partition coefficient (Wildman–Crippen LogP) is 4.12. The van der Waals surface area contributed by atoms with E-state index in [1.807, 2.05) is 18.2 Å². The summed E-state index contributed by atoms with van der Waals surface area (Å²) in [5.41, 5.74) is 0.940. The van der Waals surface area contributed by atoms with Crippen molar-refractivity contribution in [3.63, 3.8) is 0 Å². The van der Waals surface area contributed by atoms with E-state index in [1.54, 1.807) is 49.5 Å². The Morgan fingerprint density at radius 2 is 1.92 bits per heavy atom. The molecule has 0 saturated carbocycles. The van der Waals surface area contributed by atoms with Crippen molar-refractivity contribution < 1.29 is 13.2 Å². The molecular formula is C19H22ClNO3S. The number of hydrogen-bond acceptors (Lipinski definition) is 3. The highest BCUT2D eigenvalue weighted by molar-refractivity contribution is 7.89. The van der Waals surface area contributed by atoms with E-state index in [2.05, 4.69) is 6.58 Å². The summed E-state index contributed by atoms with van der Waals surface area (Å²) in [6.07, 6.45) is 1.99. The second-order valence-electron chi connectivity index (χ2n) is 5.69. The summed E-state index contributed by atoms with van der Waals surface area (Å²) >= 11 is 5.97. The molecule has 0 radical (unpaired) electrons. The monoisotopic (exact) mass is 379 g/mol. The molecule has 0 amide bonds. The Hall–Kier alpha value is -1.66. The number of sulfonamides is 1. The maximum Gasteiger partial charge on any atom is 0.242 e. The van der Waals surface area contributed by atoms with E-state index in [9.17, 15) is 8.42 Å². The van der Waals surface area contributed by atoms with E-state index in [1.165, 1.54) is 4.31 Å². The number of rotatable bonds is 9. The molecule has 2 aromatic rings. The van der Waals surface area contributed by atoms with Crippen LogP contribution in [-0.4, -0.2) is 32.4 Å². The zero-order valence-electron chi connectivity index (χ0n) is 14.1. The molecule has 0 aliphatic carbocycles. The largest absolute Gasteiger partial charge is 0.372 e. The predicted molar refractivity (Wildman–Crippen MR) is 101 cm³/mol. The second kappa shape index (κ2) is 9.15. The van der Waals surface area contributed by atoms with Crippen LogP contribution in [0, 0.1) is 0 Å². The molecule has 0 aromatic heterocycles. The van der Waals surface area contributed by atoms with Crippen LogP contribution in [0.1, 0.15) is 12.0 Å². The average molecular weight is 380 g/mol. The fourth-order valence-electron chi connectivity index (χ4n) is 2.38. The van der Waals surface area contributed by atoms with Crippen LogP contribution >= 0.6 is 11.6 Å². The standard InChI is InChI=1S/C19H22ClNO3S/c1-3-8-18(24-15-16-9-7-10-17(20)13-16)14-21(2)25(22,23)19-11-5-4-6-12-19/h3-7,9-13,18H,1,8,14-15H2,2H3.